The Bertz CT molecular complexity index is 661. The molecule has 2 nitrogen and oxygen atoms in total. The van der Waals surface area contributed by atoms with E-state index in [0.29, 0.717) is 18.0 Å². The number of carbonyl (C=O) groups excluding carboxylic acids is 1. The molecule has 0 saturated heterocycles. The molecule has 0 radical (unpaired) electrons. The van der Waals surface area contributed by atoms with Crippen LogP contribution in [0.4, 0.5) is 0 Å². The van der Waals surface area contributed by atoms with Gasteiger partial charge in [0.2, 0.25) is 0 Å². The number of rotatable bonds is 4. The molecule has 0 saturated carbocycles. The zero-order valence-electron chi connectivity index (χ0n) is 13.0. The molecule has 3 heteroatoms. The van der Waals surface area contributed by atoms with Crippen LogP contribution in [0.1, 0.15) is 38.1 Å². The molecule has 1 amide bonds. The minimum absolute atomic E-state index is 0.00598. The predicted molar refractivity (Wildman–Crippen MR) is 92.6 cm³/mol. The van der Waals surface area contributed by atoms with E-state index in [0.717, 1.165) is 15.2 Å². The third-order valence-electron chi connectivity index (χ3n) is 4.33. The van der Waals surface area contributed by atoms with Gasteiger partial charge in [-0.3, -0.25) is 4.79 Å². The van der Waals surface area contributed by atoms with Gasteiger partial charge in [-0.1, -0.05) is 55.8 Å². The summed E-state index contributed by atoms with van der Waals surface area (Å²) in [4.78, 5) is 12.3. The zero-order valence-corrected chi connectivity index (χ0v) is 14.6. The third kappa shape index (κ3) is 3.85. The zero-order chi connectivity index (χ0) is 15.6. The van der Waals surface area contributed by atoms with E-state index >= 15 is 0 Å². The predicted octanol–water partition coefficient (Wildman–Crippen LogP) is 5.01. The van der Waals surface area contributed by atoms with Crippen molar-refractivity contribution in [3.05, 3.63) is 46.4 Å². The SMILES string of the molecule is CC(C)C(C)(C)CNC(=O)c1ccc2cc(Br)ccc2c1. The molecule has 0 fully saturated rings. The standard InChI is InChI=1S/C18H22BrNO/c1-12(2)18(3,4)11-20-17(21)15-6-5-14-10-16(19)8-7-13(14)9-15/h5-10,12H,11H2,1-4H3,(H,20,21). The molecule has 1 N–H and O–H groups in total. The fourth-order valence-electron chi connectivity index (χ4n) is 1.97. The van der Waals surface area contributed by atoms with Crippen molar-refractivity contribution in [2.45, 2.75) is 27.7 Å². The fraction of sp³-hybridized carbons (Fsp3) is 0.389. The van der Waals surface area contributed by atoms with Gasteiger partial charge in [0.15, 0.2) is 0 Å². The Hall–Kier alpha value is -1.35. The van der Waals surface area contributed by atoms with Gasteiger partial charge in [-0.15, -0.1) is 0 Å². The van der Waals surface area contributed by atoms with E-state index in [1.54, 1.807) is 0 Å². The van der Waals surface area contributed by atoms with Crippen molar-refractivity contribution in [2.24, 2.45) is 11.3 Å². The molecule has 21 heavy (non-hydrogen) atoms. The van der Waals surface area contributed by atoms with Crippen LogP contribution >= 0.6 is 15.9 Å². The number of hydrogen-bond donors (Lipinski definition) is 1. The maximum Gasteiger partial charge on any atom is 0.251 e. The summed E-state index contributed by atoms with van der Waals surface area (Å²) in [5, 5.41) is 5.25. The number of halogens is 1. The second-order valence-electron chi connectivity index (χ2n) is 6.53. The molecule has 0 aliphatic carbocycles. The van der Waals surface area contributed by atoms with Crippen LogP contribution in [0.3, 0.4) is 0 Å². The highest BCUT2D eigenvalue weighted by molar-refractivity contribution is 9.10. The van der Waals surface area contributed by atoms with Crippen molar-refractivity contribution >= 4 is 32.6 Å². The molecule has 0 unspecified atom stereocenters. The first-order chi connectivity index (χ1) is 9.79. The average molecular weight is 348 g/mol. The van der Waals surface area contributed by atoms with E-state index in [4.69, 9.17) is 0 Å². The van der Waals surface area contributed by atoms with Gasteiger partial charge in [-0.05, 0) is 46.4 Å². The van der Waals surface area contributed by atoms with Crippen LogP contribution in [-0.4, -0.2) is 12.5 Å². The molecule has 0 aliphatic rings. The van der Waals surface area contributed by atoms with E-state index in [2.05, 4.69) is 55.0 Å². The van der Waals surface area contributed by atoms with Gasteiger partial charge in [0.05, 0.1) is 0 Å². The maximum atomic E-state index is 12.3. The first kappa shape index (κ1) is 16.0. The first-order valence-corrected chi connectivity index (χ1v) is 8.06. The van der Waals surface area contributed by atoms with E-state index < -0.39 is 0 Å². The number of amides is 1. The molecule has 0 spiro atoms. The molecule has 2 aromatic rings. The van der Waals surface area contributed by atoms with Crippen LogP contribution < -0.4 is 5.32 Å². The molecule has 2 aromatic carbocycles. The van der Waals surface area contributed by atoms with Crippen LogP contribution in [0.25, 0.3) is 10.8 Å². The summed E-state index contributed by atoms with van der Waals surface area (Å²) in [5.41, 5.74) is 0.807. The quantitative estimate of drug-likeness (QED) is 0.826. The maximum absolute atomic E-state index is 12.3. The largest absolute Gasteiger partial charge is 0.351 e. The number of benzene rings is 2. The van der Waals surface area contributed by atoms with Gasteiger partial charge in [0.1, 0.15) is 0 Å². The summed E-state index contributed by atoms with van der Waals surface area (Å²) >= 11 is 3.46. The summed E-state index contributed by atoms with van der Waals surface area (Å²) in [5.74, 6) is 0.514. The summed E-state index contributed by atoms with van der Waals surface area (Å²) in [6.07, 6.45) is 0. The number of fused-ring (bicyclic) bond motifs is 1. The van der Waals surface area contributed by atoms with Crippen LogP contribution in [0, 0.1) is 11.3 Å². The third-order valence-corrected chi connectivity index (χ3v) is 4.83. The molecule has 0 bridgehead atoms. The molecular weight excluding hydrogens is 326 g/mol. The van der Waals surface area contributed by atoms with Gasteiger partial charge in [0.25, 0.3) is 5.91 Å². The van der Waals surface area contributed by atoms with Gasteiger partial charge in [0, 0.05) is 16.6 Å². The summed E-state index contributed by atoms with van der Waals surface area (Å²) in [6.45, 7) is 9.40. The Labute approximate surface area is 135 Å². The minimum atomic E-state index is -0.00598. The van der Waals surface area contributed by atoms with Gasteiger partial charge < -0.3 is 5.32 Å². The van der Waals surface area contributed by atoms with Crippen LogP contribution in [0.2, 0.25) is 0 Å². The minimum Gasteiger partial charge on any atom is -0.351 e. The average Bonchev–Trinajstić information content (AvgIpc) is 2.44. The normalized spacial score (nSPS) is 11.9. The smallest absolute Gasteiger partial charge is 0.251 e. The second-order valence-corrected chi connectivity index (χ2v) is 7.45. The Morgan fingerprint density at radius 3 is 2.43 bits per heavy atom. The van der Waals surface area contributed by atoms with Crippen molar-refractivity contribution in [3.63, 3.8) is 0 Å². The lowest BCUT2D eigenvalue weighted by Gasteiger charge is -2.29. The summed E-state index contributed by atoms with van der Waals surface area (Å²) in [6, 6.07) is 11.9. The molecule has 112 valence electrons. The van der Waals surface area contributed by atoms with E-state index in [-0.39, 0.29) is 11.3 Å². The van der Waals surface area contributed by atoms with Crippen molar-refractivity contribution < 1.29 is 4.79 Å². The second kappa shape index (κ2) is 6.18. The lowest BCUT2D eigenvalue weighted by atomic mass is 9.81. The lowest BCUT2D eigenvalue weighted by Crippen LogP contribution is -2.36. The van der Waals surface area contributed by atoms with Gasteiger partial charge in [-0.25, -0.2) is 0 Å². The Morgan fingerprint density at radius 2 is 1.76 bits per heavy atom. The Kier molecular flexibility index (Phi) is 4.72. The van der Waals surface area contributed by atoms with Crippen LogP contribution in [-0.2, 0) is 0 Å². The monoisotopic (exact) mass is 347 g/mol. The molecule has 0 heterocycles. The molecule has 0 aromatic heterocycles. The molecule has 0 atom stereocenters. The van der Waals surface area contributed by atoms with E-state index in [1.807, 2.05) is 30.3 Å². The topological polar surface area (TPSA) is 29.1 Å². The lowest BCUT2D eigenvalue weighted by molar-refractivity contribution is 0.0925. The highest BCUT2D eigenvalue weighted by atomic mass is 79.9. The van der Waals surface area contributed by atoms with Gasteiger partial charge >= 0.3 is 0 Å². The Morgan fingerprint density at radius 1 is 1.14 bits per heavy atom. The van der Waals surface area contributed by atoms with Crippen molar-refractivity contribution in [1.29, 1.82) is 0 Å². The summed E-state index contributed by atoms with van der Waals surface area (Å²) < 4.78 is 1.05. The molecule has 2 rings (SSSR count). The van der Waals surface area contributed by atoms with Crippen LogP contribution in [0.5, 0.6) is 0 Å². The van der Waals surface area contributed by atoms with Crippen LogP contribution in [0.15, 0.2) is 40.9 Å². The summed E-state index contributed by atoms with van der Waals surface area (Å²) in [7, 11) is 0. The number of carbonyl (C=O) groups is 1. The molecule has 0 aliphatic heterocycles. The Balaban J connectivity index is 2.15. The van der Waals surface area contributed by atoms with E-state index in [9.17, 15) is 4.79 Å². The van der Waals surface area contributed by atoms with Crippen molar-refractivity contribution in [2.75, 3.05) is 6.54 Å². The van der Waals surface area contributed by atoms with Crippen molar-refractivity contribution in [1.82, 2.24) is 5.32 Å². The van der Waals surface area contributed by atoms with E-state index in [1.165, 1.54) is 0 Å². The van der Waals surface area contributed by atoms with Crippen molar-refractivity contribution in [3.8, 4) is 0 Å². The number of nitrogens with one attached hydrogen (secondary N) is 1. The highest BCUT2D eigenvalue weighted by Crippen LogP contribution is 2.25. The number of hydrogen-bond acceptors (Lipinski definition) is 1. The fourth-order valence-corrected chi connectivity index (χ4v) is 2.35. The van der Waals surface area contributed by atoms with Gasteiger partial charge in [-0.2, -0.15) is 0 Å². The highest BCUT2D eigenvalue weighted by Gasteiger charge is 2.23. The first-order valence-electron chi connectivity index (χ1n) is 7.27. The molecular formula is C18H22BrNO.